The molecule has 19 heavy (non-hydrogen) atoms. The fourth-order valence-corrected chi connectivity index (χ4v) is 2.84. The van der Waals surface area contributed by atoms with Crippen molar-refractivity contribution in [3.05, 3.63) is 71.3 Å². The molecule has 2 aromatic carbocycles. The SMILES string of the molecule is O=C1c2ccccc2C(=O)[C@]2(c3ccccc3)O[C@H]12. The van der Waals surface area contributed by atoms with Gasteiger partial charge in [0.15, 0.2) is 17.5 Å². The Labute approximate surface area is 109 Å². The third-order valence-electron chi connectivity index (χ3n) is 3.83. The zero-order valence-electron chi connectivity index (χ0n) is 10.00. The normalized spacial score (nSPS) is 27.7. The topological polar surface area (TPSA) is 46.7 Å². The summed E-state index contributed by atoms with van der Waals surface area (Å²) >= 11 is 0. The minimum atomic E-state index is -1.08. The molecular weight excluding hydrogens is 240 g/mol. The minimum absolute atomic E-state index is 0.0981. The number of ether oxygens (including phenoxy) is 1. The molecule has 0 spiro atoms. The second-order valence-corrected chi connectivity index (χ2v) is 4.84. The maximum atomic E-state index is 12.6. The Morgan fingerprint density at radius 2 is 1.47 bits per heavy atom. The summed E-state index contributed by atoms with van der Waals surface area (Å²) in [5, 5.41) is 0. The first kappa shape index (κ1) is 10.6. The van der Waals surface area contributed by atoms with Gasteiger partial charge in [0.25, 0.3) is 0 Å². The molecule has 0 radical (unpaired) electrons. The Bertz CT molecular complexity index is 705. The van der Waals surface area contributed by atoms with Crippen LogP contribution in [0.4, 0.5) is 0 Å². The van der Waals surface area contributed by atoms with E-state index in [1.807, 2.05) is 30.3 Å². The van der Waals surface area contributed by atoms with Crippen molar-refractivity contribution in [2.45, 2.75) is 11.7 Å². The summed E-state index contributed by atoms with van der Waals surface area (Å²) in [6.45, 7) is 0. The summed E-state index contributed by atoms with van der Waals surface area (Å²) in [6, 6.07) is 16.2. The van der Waals surface area contributed by atoms with Crippen molar-refractivity contribution in [1.29, 1.82) is 0 Å². The van der Waals surface area contributed by atoms with E-state index in [4.69, 9.17) is 4.74 Å². The van der Waals surface area contributed by atoms with Gasteiger partial charge in [0.05, 0.1) is 0 Å². The molecule has 4 rings (SSSR count). The highest BCUT2D eigenvalue weighted by Gasteiger charge is 2.69. The van der Waals surface area contributed by atoms with Crippen molar-refractivity contribution in [1.82, 2.24) is 0 Å². The van der Waals surface area contributed by atoms with Gasteiger partial charge in [-0.1, -0.05) is 54.6 Å². The average molecular weight is 250 g/mol. The monoisotopic (exact) mass is 250 g/mol. The number of Topliss-reactive ketones (excluding diaryl/α,β-unsaturated/α-hetero) is 2. The summed E-state index contributed by atoms with van der Waals surface area (Å²) in [7, 11) is 0. The fraction of sp³-hybridized carbons (Fsp3) is 0.125. The third-order valence-corrected chi connectivity index (χ3v) is 3.83. The molecular formula is C16H10O3. The second kappa shape index (κ2) is 3.39. The van der Waals surface area contributed by atoms with E-state index in [9.17, 15) is 9.59 Å². The van der Waals surface area contributed by atoms with Crippen LogP contribution < -0.4 is 0 Å². The lowest BCUT2D eigenvalue weighted by Crippen LogP contribution is -2.34. The Morgan fingerprint density at radius 3 is 2.21 bits per heavy atom. The highest BCUT2D eigenvalue weighted by Crippen LogP contribution is 2.53. The van der Waals surface area contributed by atoms with E-state index in [1.165, 1.54) is 0 Å². The molecule has 0 aromatic heterocycles. The number of carbonyl (C=O) groups is 2. The Balaban J connectivity index is 1.93. The highest BCUT2D eigenvalue weighted by molar-refractivity contribution is 6.22. The van der Waals surface area contributed by atoms with Gasteiger partial charge in [-0.15, -0.1) is 0 Å². The van der Waals surface area contributed by atoms with Gasteiger partial charge in [0.2, 0.25) is 5.78 Å². The average Bonchev–Trinajstić information content (AvgIpc) is 3.23. The van der Waals surface area contributed by atoms with Crippen LogP contribution in [0.25, 0.3) is 0 Å². The number of epoxide rings is 1. The van der Waals surface area contributed by atoms with Crippen molar-refractivity contribution >= 4 is 11.6 Å². The van der Waals surface area contributed by atoms with Gasteiger partial charge in [-0.05, 0) is 5.56 Å². The first-order chi connectivity index (χ1) is 9.25. The van der Waals surface area contributed by atoms with E-state index < -0.39 is 11.7 Å². The molecule has 1 heterocycles. The first-order valence-electron chi connectivity index (χ1n) is 6.16. The zero-order chi connectivity index (χ0) is 13.0. The van der Waals surface area contributed by atoms with Crippen LogP contribution in [0.2, 0.25) is 0 Å². The lowest BCUT2D eigenvalue weighted by atomic mass is 9.78. The molecule has 1 aliphatic heterocycles. The van der Waals surface area contributed by atoms with Crippen molar-refractivity contribution in [3.63, 3.8) is 0 Å². The number of hydrogen-bond donors (Lipinski definition) is 0. The molecule has 92 valence electrons. The van der Waals surface area contributed by atoms with E-state index in [0.29, 0.717) is 11.1 Å². The van der Waals surface area contributed by atoms with Crippen LogP contribution in [-0.2, 0) is 10.3 Å². The summed E-state index contributed by atoms with van der Waals surface area (Å²) in [5.74, 6) is -0.210. The molecule has 2 atom stereocenters. The second-order valence-electron chi connectivity index (χ2n) is 4.84. The highest BCUT2D eigenvalue weighted by atomic mass is 16.6. The summed E-state index contributed by atoms with van der Waals surface area (Å²) in [5.41, 5.74) is 0.617. The van der Waals surface area contributed by atoms with Crippen molar-refractivity contribution in [2.24, 2.45) is 0 Å². The number of fused-ring (bicyclic) bond motifs is 2. The summed E-state index contributed by atoms with van der Waals surface area (Å²) in [4.78, 5) is 25.0. The standard InChI is InChI=1S/C16H10O3/c17-13-11-8-4-5-9-12(11)14(18)16(15(13)19-16)10-6-2-1-3-7-10/h1-9,15H/t15-,16+/m1/s1. The lowest BCUT2D eigenvalue weighted by Gasteiger charge is -2.18. The van der Waals surface area contributed by atoms with Gasteiger partial charge >= 0.3 is 0 Å². The Kier molecular flexibility index (Phi) is 1.90. The van der Waals surface area contributed by atoms with Crippen LogP contribution >= 0.6 is 0 Å². The molecule has 2 aliphatic rings. The Hall–Kier alpha value is -2.26. The van der Waals surface area contributed by atoms with E-state index in [-0.39, 0.29) is 11.6 Å². The molecule has 0 unspecified atom stereocenters. The minimum Gasteiger partial charge on any atom is -0.343 e. The number of benzene rings is 2. The molecule has 3 nitrogen and oxygen atoms in total. The smallest absolute Gasteiger partial charge is 0.203 e. The van der Waals surface area contributed by atoms with Crippen LogP contribution in [0.1, 0.15) is 26.3 Å². The van der Waals surface area contributed by atoms with Crippen LogP contribution in [0, 0.1) is 0 Å². The van der Waals surface area contributed by atoms with E-state index in [1.54, 1.807) is 24.3 Å². The lowest BCUT2D eigenvalue weighted by molar-refractivity contribution is 0.0859. The maximum Gasteiger partial charge on any atom is 0.203 e. The van der Waals surface area contributed by atoms with Gasteiger partial charge < -0.3 is 4.74 Å². The predicted octanol–water partition coefficient (Wildman–Crippen LogP) is 2.36. The maximum absolute atomic E-state index is 12.6. The van der Waals surface area contributed by atoms with Crippen molar-refractivity contribution in [3.8, 4) is 0 Å². The molecule has 3 heteroatoms. The van der Waals surface area contributed by atoms with Gasteiger partial charge in [-0.2, -0.15) is 0 Å². The van der Waals surface area contributed by atoms with Crippen LogP contribution in [0.5, 0.6) is 0 Å². The van der Waals surface area contributed by atoms with Crippen molar-refractivity contribution in [2.75, 3.05) is 0 Å². The van der Waals surface area contributed by atoms with E-state index in [2.05, 4.69) is 0 Å². The van der Waals surface area contributed by atoms with Gasteiger partial charge in [0, 0.05) is 11.1 Å². The molecule has 0 amide bonds. The molecule has 2 aromatic rings. The number of hydrogen-bond acceptors (Lipinski definition) is 3. The zero-order valence-corrected chi connectivity index (χ0v) is 10.00. The summed E-state index contributed by atoms with van der Waals surface area (Å²) < 4.78 is 5.56. The van der Waals surface area contributed by atoms with Crippen molar-refractivity contribution < 1.29 is 14.3 Å². The van der Waals surface area contributed by atoms with E-state index in [0.717, 1.165) is 5.56 Å². The molecule has 0 bridgehead atoms. The molecule has 0 saturated carbocycles. The Morgan fingerprint density at radius 1 is 0.842 bits per heavy atom. The van der Waals surface area contributed by atoms with Crippen LogP contribution in [0.3, 0.4) is 0 Å². The molecule has 1 fully saturated rings. The van der Waals surface area contributed by atoms with Gasteiger partial charge in [0.1, 0.15) is 0 Å². The largest absolute Gasteiger partial charge is 0.343 e. The molecule has 1 saturated heterocycles. The quantitative estimate of drug-likeness (QED) is 0.730. The van der Waals surface area contributed by atoms with Gasteiger partial charge in [-0.25, -0.2) is 0 Å². The van der Waals surface area contributed by atoms with Gasteiger partial charge in [-0.3, -0.25) is 9.59 Å². The summed E-state index contributed by atoms with van der Waals surface area (Å²) in [6.07, 6.45) is -0.655. The predicted molar refractivity (Wildman–Crippen MR) is 68.1 cm³/mol. The number of rotatable bonds is 1. The fourth-order valence-electron chi connectivity index (χ4n) is 2.84. The number of carbonyl (C=O) groups excluding carboxylic acids is 2. The molecule has 1 aliphatic carbocycles. The molecule has 0 N–H and O–H groups in total. The number of ketones is 2. The van der Waals surface area contributed by atoms with E-state index >= 15 is 0 Å². The third kappa shape index (κ3) is 1.20. The van der Waals surface area contributed by atoms with Crippen LogP contribution in [-0.4, -0.2) is 17.7 Å². The first-order valence-corrected chi connectivity index (χ1v) is 6.16. The van der Waals surface area contributed by atoms with Crippen LogP contribution in [0.15, 0.2) is 54.6 Å².